The fourth-order valence-corrected chi connectivity index (χ4v) is 2.99. The van der Waals surface area contributed by atoms with Gasteiger partial charge in [-0.05, 0) is 37.6 Å². The maximum absolute atomic E-state index is 11.2. The van der Waals surface area contributed by atoms with Crippen molar-refractivity contribution >= 4 is 5.69 Å². The van der Waals surface area contributed by atoms with Crippen LogP contribution in [0.25, 0.3) is 5.69 Å². The Kier molecular flexibility index (Phi) is 5.05. The van der Waals surface area contributed by atoms with Gasteiger partial charge in [0.15, 0.2) is 0 Å². The molecule has 0 radical (unpaired) electrons. The van der Waals surface area contributed by atoms with Crippen LogP contribution in [0.1, 0.15) is 12.1 Å². The van der Waals surface area contributed by atoms with E-state index in [-0.39, 0.29) is 10.6 Å². The van der Waals surface area contributed by atoms with E-state index in [2.05, 4.69) is 4.90 Å². The van der Waals surface area contributed by atoms with Crippen LogP contribution in [0, 0.1) is 10.1 Å². The van der Waals surface area contributed by atoms with Gasteiger partial charge in [0.05, 0.1) is 18.1 Å². The highest BCUT2D eigenvalue weighted by Gasteiger charge is 2.16. The summed E-state index contributed by atoms with van der Waals surface area (Å²) in [6.07, 6.45) is 3.83. The minimum Gasteiger partial charge on any atom is -0.379 e. The first-order valence-electron chi connectivity index (χ1n) is 7.96. The monoisotopic (exact) mass is 315 g/mol. The highest BCUT2D eigenvalue weighted by Crippen LogP contribution is 2.24. The van der Waals surface area contributed by atoms with Gasteiger partial charge in [-0.1, -0.05) is 12.1 Å². The average molecular weight is 315 g/mol. The zero-order chi connectivity index (χ0) is 16.1. The number of aromatic nitrogens is 1. The molecule has 1 fully saturated rings. The molecule has 1 aromatic heterocycles. The molecule has 3 rings (SSSR count). The summed E-state index contributed by atoms with van der Waals surface area (Å²) in [6, 6.07) is 10.9. The molecule has 0 bridgehead atoms. The van der Waals surface area contributed by atoms with Gasteiger partial charge >= 0.3 is 0 Å². The van der Waals surface area contributed by atoms with Gasteiger partial charge in [0.1, 0.15) is 5.69 Å². The Morgan fingerprint density at radius 2 is 1.91 bits per heavy atom. The van der Waals surface area contributed by atoms with Gasteiger partial charge in [-0.15, -0.1) is 0 Å². The van der Waals surface area contributed by atoms with E-state index in [4.69, 9.17) is 4.74 Å². The maximum atomic E-state index is 11.2. The molecule has 122 valence electrons. The molecule has 0 amide bonds. The number of rotatable bonds is 6. The molecule has 0 aliphatic carbocycles. The van der Waals surface area contributed by atoms with Crippen LogP contribution in [-0.4, -0.2) is 47.2 Å². The van der Waals surface area contributed by atoms with E-state index in [1.54, 1.807) is 18.2 Å². The highest BCUT2D eigenvalue weighted by molar-refractivity contribution is 5.53. The summed E-state index contributed by atoms with van der Waals surface area (Å²) < 4.78 is 7.28. The third kappa shape index (κ3) is 3.78. The summed E-state index contributed by atoms with van der Waals surface area (Å²) in [6.45, 7) is 4.64. The molecule has 1 aromatic carbocycles. The minimum atomic E-state index is -0.327. The van der Waals surface area contributed by atoms with Gasteiger partial charge < -0.3 is 9.30 Å². The van der Waals surface area contributed by atoms with Gasteiger partial charge in [-0.2, -0.15) is 0 Å². The summed E-state index contributed by atoms with van der Waals surface area (Å²) in [4.78, 5) is 13.3. The predicted molar refractivity (Wildman–Crippen MR) is 88.0 cm³/mol. The van der Waals surface area contributed by atoms with Crippen LogP contribution in [0.4, 0.5) is 5.69 Å². The maximum Gasteiger partial charge on any atom is 0.293 e. The zero-order valence-corrected chi connectivity index (χ0v) is 13.1. The number of morpholine rings is 1. The van der Waals surface area contributed by atoms with E-state index in [1.165, 1.54) is 0 Å². The number of nitro groups is 1. The van der Waals surface area contributed by atoms with Crippen LogP contribution in [-0.2, 0) is 11.2 Å². The molecule has 0 saturated carbocycles. The second-order valence-corrected chi connectivity index (χ2v) is 5.67. The van der Waals surface area contributed by atoms with Crippen molar-refractivity contribution in [1.29, 1.82) is 0 Å². The minimum absolute atomic E-state index is 0.137. The zero-order valence-electron chi connectivity index (χ0n) is 13.1. The summed E-state index contributed by atoms with van der Waals surface area (Å²) in [5, 5.41) is 11.2. The number of nitro benzene ring substituents is 1. The molecule has 1 saturated heterocycles. The molecule has 0 spiro atoms. The summed E-state index contributed by atoms with van der Waals surface area (Å²) in [7, 11) is 0. The molecule has 6 heteroatoms. The van der Waals surface area contributed by atoms with Crippen molar-refractivity contribution in [2.24, 2.45) is 0 Å². The lowest BCUT2D eigenvalue weighted by atomic mass is 10.2. The lowest BCUT2D eigenvalue weighted by Crippen LogP contribution is -2.37. The van der Waals surface area contributed by atoms with Crippen molar-refractivity contribution in [3.63, 3.8) is 0 Å². The van der Waals surface area contributed by atoms with Crippen molar-refractivity contribution in [2.75, 3.05) is 32.8 Å². The van der Waals surface area contributed by atoms with Crippen molar-refractivity contribution < 1.29 is 9.66 Å². The van der Waals surface area contributed by atoms with Crippen molar-refractivity contribution in [3.8, 4) is 5.69 Å². The number of benzene rings is 1. The topological polar surface area (TPSA) is 60.5 Å². The van der Waals surface area contributed by atoms with Gasteiger partial charge in [0, 0.05) is 31.0 Å². The van der Waals surface area contributed by atoms with Crippen LogP contribution in [0.15, 0.2) is 42.6 Å². The molecule has 23 heavy (non-hydrogen) atoms. The number of nitrogens with zero attached hydrogens (tertiary/aromatic N) is 3. The number of hydrogen-bond donors (Lipinski definition) is 0. The Morgan fingerprint density at radius 1 is 1.13 bits per heavy atom. The van der Waals surface area contributed by atoms with Crippen LogP contribution in [0.3, 0.4) is 0 Å². The fraction of sp³-hybridized carbons (Fsp3) is 0.412. The van der Waals surface area contributed by atoms with Crippen LogP contribution < -0.4 is 0 Å². The largest absolute Gasteiger partial charge is 0.379 e. The first-order valence-corrected chi connectivity index (χ1v) is 7.96. The second kappa shape index (κ2) is 7.39. The van der Waals surface area contributed by atoms with E-state index >= 15 is 0 Å². The SMILES string of the molecule is O=[N+]([O-])c1ccccc1-n1cccc1CCCN1CCOCC1. The average Bonchev–Trinajstić information content (AvgIpc) is 3.04. The Hall–Kier alpha value is -2.18. The quantitative estimate of drug-likeness (QED) is 0.607. The molecule has 1 aliphatic rings. The Balaban J connectivity index is 1.69. The summed E-state index contributed by atoms with van der Waals surface area (Å²) >= 11 is 0. The van der Waals surface area contributed by atoms with Crippen LogP contribution in [0.2, 0.25) is 0 Å². The van der Waals surface area contributed by atoms with E-state index in [0.29, 0.717) is 5.69 Å². The second-order valence-electron chi connectivity index (χ2n) is 5.67. The number of hydrogen-bond acceptors (Lipinski definition) is 4. The smallest absolute Gasteiger partial charge is 0.293 e. The van der Waals surface area contributed by atoms with Gasteiger partial charge in [-0.25, -0.2) is 0 Å². The van der Waals surface area contributed by atoms with E-state index < -0.39 is 0 Å². The van der Waals surface area contributed by atoms with Crippen LogP contribution >= 0.6 is 0 Å². The first-order chi connectivity index (χ1) is 11.3. The lowest BCUT2D eigenvalue weighted by molar-refractivity contribution is -0.384. The molecule has 2 heterocycles. The van der Waals surface area contributed by atoms with Crippen molar-refractivity contribution in [1.82, 2.24) is 9.47 Å². The van der Waals surface area contributed by atoms with E-state index in [9.17, 15) is 10.1 Å². The van der Waals surface area contributed by atoms with E-state index in [0.717, 1.165) is 51.4 Å². The number of ether oxygens (including phenoxy) is 1. The molecule has 0 unspecified atom stereocenters. The van der Waals surface area contributed by atoms with Crippen LogP contribution in [0.5, 0.6) is 0 Å². The standard InChI is InChI=1S/C17H21N3O3/c21-20(22)17-8-2-1-7-16(17)19-10-4-6-15(19)5-3-9-18-11-13-23-14-12-18/h1-2,4,6-8,10H,3,5,9,11-14H2. The summed E-state index contributed by atoms with van der Waals surface area (Å²) in [5.74, 6) is 0. The molecule has 0 N–H and O–H groups in total. The van der Waals surface area contributed by atoms with Gasteiger partial charge in [0.2, 0.25) is 0 Å². The third-order valence-electron chi connectivity index (χ3n) is 4.18. The van der Waals surface area contributed by atoms with Crippen molar-refractivity contribution in [2.45, 2.75) is 12.8 Å². The molecule has 6 nitrogen and oxygen atoms in total. The van der Waals surface area contributed by atoms with E-state index in [1.807, 2.05) is 29.0 Å². The highest BCUT2D eigenvalue weighted by atomic mass is 16.6. The fourth-order valence-electron chi connectivity index (χ4n) is 2.99. The molecule has 0 atom stereocenters. The normalized spacial score (nSPS) is 15.7. The molecular weight excluding hydrogens is 294 g/mol. The van der Waals surface area contributed by atoms with Gasteiger partial charge in [0.25, 0.3) is 5.69 Å². The van der Waals surface area contributed by atoms with Gasteiger partial charge in [-0.3, -0.25) is 15.0 Å². The Morgan fingerprint density at radius 3 is 2.70 bits per heavy atom. The Labute approximate surface area is 135 Å². The third-order valence-corrected chi connectivity index (χ3v) is 4.18. The van der Waals surface area contributed by atoms with Crippen molar-refractivity contribution in [3.05, 3.63) is 58.4 Å². The number of aryl methyl sites for hydroxylation is 1. The number of para-hydroxylation sites is 2. The Bertz CT molecular complexity index is 663. The predicted octanol–water partition coefficient (Wildman–Crippen LogP) is 2.65. The molecule has 2 aromatic rings. The molecule has 1 aliphatic heterocycles. The first kappa shape index (κ1) is 15.7. The summed E-state index contributed by atoms with van der Waals surface area (Å²) in [5.41, 5.74) is 1.87. The molecular formula is C17H21N3O3. The lowest BCUT2D eigenvalue weighted by Gasteiger charge is -2.26.